The lowest BCUT2D eigenvalue weighted by atomic mass is 9.97. The van der Waals surface area contributed by atoms with E-state index in [1.165, 1.54) is 5.56 Å². The Labute approximate surface area is 171 Å². The molecule has 0 radical (unpaired) electrons. The summed E-state index contributed by atoms with van der Waals surface area (Å²) in [7, 11) is 1.81. The molecule has 1 amide bonds. The Morgan fingerprint density at radius 3 is 2.74 bits per heavy atom. The molecule has 1 heterocycles. The molecule has 150 valence electrons. The molecule has 0 aliphatic carbocycles. The van der Waals surface area contributed by atoms with Gasteiger partial charge in [0.2, 0.25) is 5.91 Å². The van der Waals surface area contributed by atoms with Crippen LogP contribution in [0.3, 0.4) is 0 Å². The van der Waals surface area contributed by atoms with Crippen molar-refractivity contribution in [3.63, 3.8) is 0 Å². The molecule has 4 N–H and O–H groups in total. The predicted octanol–water partition coefficient (Wildman–Crippen LogP) is 2.13. The number of rotatable bonds is 8. The van der Waals surface area contributed by atoms with Crippen molar-refractivity contribution in [3.8, 4) is 0 Å². The zero-order chi connectivity index (χ0) is 19.6. The molecule has 0 spiro atoms. The molecular formula is C20H32BrN5O. The van der Waals surface area contributed by atoms with E-state index < -0.39 is 0 Å². The molecule has 6 nitrogen and oxygen atoms in total. The first kappa shape index (κ1) is 21.7. The fourth-order valence-corrected chi connectivity index (χ4v) is 3.89. The van der Waals surface area contributed by atoms with Crippen LogP contribution >= 0.6 is 15.9 Å². The average Bonchev–Trinajstić information content (AvgIpc) is 2.65. The van der Waals surface area contributed by atoms with Gasteiger partial charge in [-0.1, -0.05) is 41.4 Å². The minimum absolute atomic E-state index is 0.255. The SMILES string of the molecule is CCC(CNC(=NC)NC1CCN(CC(N)=O)CC1)Cc1cccc(Br)c1. The number of amides is 1. The van der Waals surface area contributed by atoms with E-state index in [1.54, 1.807) is 0 Å². The van der Waals surface area contributed by atoms with Crippen LogP contribution in [0.15, 0.2) is 33.7 Å². The minimum Gasteiger partial charge on any atom is -0.369 e. The van der Waals surface area contributed by atoms with Gasteiger partial charge in [-0.2, -0.15) is 0 Å². The Bertz CT molecular complexity index is 629. The fraction of sp³-hybridized carbons (Fsp3) is 0.600. The maximum absolute atomic E-state index is 11.0. The Morgan fingerprint density at radius 2 is 2.15 bits per heavy atom. The van der Waals surface area contributed by atoms with Gasteiger partial charge in [0.25, 0.3) is 0 Å². The molecule has 0 saturated carbocycles. The average molecular weight is 438 g/mol. The lowest BCUT2D eigenvalue weighted by Gasteiger charge is -2.32. The Hall–Kier alpha value is -1.60. The van der Waals surface area contributed by atoms with E-state index in [1.807, 2.05) is 7.05 Å². The normalized spacial score (nSPS) is 17.5. The molecule has 1 saturated heterocycles. The molecule has 1 aliphatic rings. The molecule has 1 atom stereocenters. The van der Waals surface area contributed by atoms with Gasteiger partial charge in [0, 0.05) is 37.2 Å². The molecule has 0 aromatic heterocycles. The van der Waals surface area contributed by atoms with Crippen molar-refractivity contribution in [3.05, 3.63) is 34.3 Å². The number of carbonyl (C=O) groups excluding carboxylic acids is 1. The highest BCUT2D eigenvalue weighted by molar-refractivity contribution is 9.10. The molecule has 27 heavy (non-hydrogen) atoms. The molecule has 1 fully saturated rings. The van der Waals surface area contributed by atoms with E-state index in [0.29, 0.717) is 18.5 Å². The van der Waals surface area contributed by atoms with Crippen molar-refractivity contribution < 1.29 is 4.79 Å². The zero-order valence-corrected chi connectivity index (χ0v) is 18.0. The number of halogens is 1. The highest BCUT2D eigenvalue weighted by Gasteiger charge is 2.21. The van der Waals surface area contributed by atoms with E-state index in [-0.39, 0.29) is 5.91 Å². The van der Waals surface area contributed by atoms with Crippen LogP contribution in [0.25, 0.3) is 0 Å². The number of nitrogens with two attached hydrogens (primary N) is 1. The first-order chi connectivity index (χ1) is 13.0. The lowest BCUT2D eigenvalue weighted by Crippen LogP contribution is -2.50. The first-order valence-electron chi connectivity index (χ1n) is 9.72. The molecule has 1 unspecified atom stereocenters. The predicted molar refractivity (Wildman–Crippen MR) is 115 cm³/mol. The third-order valence-corrected chi connectivity index (χ3v) is 5.57. The summed E-state index contributed by atoms with van der Waals surface area (Å²) in [6.07, 6.45) is 4.14. The van der Waals surface area contributed by atoms with E-state index in [0.717, 1.165) is 55.7 Å². The van der Waals surface area contributed by atoms with Gasteiger partial charge in [0.15, 0.2) is 5.96 Å². The highest BCUT2D eigenvalue weighted by atomic mass is 79.9. The maximum Gasteiger partial charge on any atom is 0.231 e. The number of hydrogen-bond donors (Lipinski definition) is 3. The zero-order valence-electron chi connectivity index (χ0n) is 16.4. The molecule has 0 bridgehead atoms. The summed E-state index contributed by atoms with van der Waals surface area (Å²) in [6, 6.07) is 8.90. The van der Waals surface area contributed by atoms with Crippen molar-refractivity contribution in [1.82, 2.24) is 15.5 Å². The Balaban J connectivity index is 1.76. The third kappa shape index (κ3) is 7.89. The highest BCUT2D eigenvalue weighted by Crippen LogP contribution is 2.16. The van der Waals surface area contributed by atoms with Gasteiger partial charge in [-0.3, -0.25) is 14.7 Å². The number of aliphatic imine (C=N–C) groups is 1. The molecule has 1 aromatic carbocycles. The van der Waals surface area contributed by atoms with Gasteiger partial charge in [-0.25, -0.2) is 0 Å². The second-order valence-corrected chi connectivity index (χ2v) is 8.14. The number of likely N-dealkylation sites (tertiary alicyclic amines) is 1. The maximum atomic E-state index is 11.0. The molecule has 1 aromatic rings. The number of carbonyl (C=O) groups is 1. The topological polar surface area (TPSA) is 82.8 Å². The number of hydrogen-bond acceptors (Lipinski definition) is 3. The van der Waals surface area contributed by atoms with Gasteiger partial charge in [0.1, 0.15) is 0 Å². The van der Waals surface area contributed by atoms with Gasteiger partial charge in [-0.05, 0) is 42.9 Å². The smallest absolute Gasteiger partial charge is 0.231 e. The summed E-state index contributed by atoms with van der Waals surface area (Å²) in [5.41, 5.74) is 6.63. The summed E-state index contributed by atoms with van der Waals surface area (Å²) in [4.78, 5) is 17.5. The number of nitrogens with zero attached hydrogens (tertiary/aromatic N) is 2. The third-order valence-electron chi connectivity index (χ3n) is 5.08. The van der Waals surface area contributed by atoms with E-state index in [2.05, 4.69) is 67.6 Å². The van der Waals surface area contributed by atoms with Crippen molar-refractivity contribution >= 4 is 27.8 Å². The second-order valence-electron chi connectivity index (χ2n) is 7.22. The standard InChI is InChI=1S/C20H32BrN5O/c1-3-15(11-16-5-4-6-17(21)12-16)13-24-20(23-2)25-18-7-9-26(10-8-18)14-19(22)27/h4-6,12,15,18H,3,7-11,13-14H2,1-2H3,(H2,22,27)(H2,23,24,25). The molecule has 2 rings (SSSR count). The Morgan fingerprint density at radius 1 is 1.41 bits per heavy atom. The van der Waals surface area contributed by atoms with Crippen molar-refractivity contribution in [2.45, 2.75) is 38.6 Å². The Kier molecular flexibility index (Phi) is 9.07. The van der Waals surface area contributed by atoms with Gasteiger partial charge in [-0.15, -0.1) is 0 Å². The molecular weight excluding hydrogens is 406 g/mol. The van der Waals surface area contributed by atoms with Crippen molar-refractivity contribution in [1.29, 1.82) is 0 Å². The number of primary amides is 1. The van der Waals surface area contributed by atoms with Crippen LogP contribution in [0.2, 0.25) is 0 Å². The van der Waals surface area contributed by atoms with Crippen LogP contribution in [-0.2, 0) is 11.2 Å². The van der Waals surface area contributed by atoms with E-state index >= 15 is 0 Å². The van der Waals surface area contributed by atoms with Gasteiger partial charge in [0.05, 0.1) is 6.54 Å². The monoisotopic (exact) mass is 437 g/mol. The van der Waals surface area contributed by atoms with Crippen LogP contribution in [-0.4, -0.2) is 56.0 Å². The minimum atomic E-state index is -0.255. The summed E-state index contributed by atoms with van der Waals surface area (Å²) in [5.74, 6) is 1.15. The van der Waals surface area contributed by atoms with Crippen LogP contribution in [0, 0.1) is 5.92 Å². The van der Waals surface area contributed by atoms with E-state index in [9.17, 15) is 4.79 Å². The van der Waals surface area contributed by atoms with Crippen molar-refractivity contribution in [2.24, 2.45) is 16.6 Å². The number of nitrogens with one attached hydrogen (secondary N) is 2. The van der Waals surface area contributed by atoms with Crippen LogP contribution < -0.4 is 16.4 Å². The molecule has 7 heteroatoms. The van der Waals surface area contributed by atoms with Crippen molar-refractivity contribution in [2.75, 3.05) is 33.2 Å². The van der Waals surface area contributed by atoms with E-state index in [4.69, 9.17) is 5.73 Å². The number of benzene rings is 1. The first-order valence-corrected chi connectivity index (χ1v) is 10.5. The fourth-order valence-electron chi connectivity index (χ4n) is 3.44. The quantitative estimate of drug-likeness (QED) is 0.429. The van der Waals surface area contributed by atoms with Gasteiger partial charge >= 0.3 is 0 Å². The lowest BCUT2D eigenvalue weighted by molar-refractivity contribution is -0.119. The van der Waals surface area contributed by atoms with Crippen LogP contribution in [0.1, 0.15) is 31.7 Å². The van der Waals surface area contributed by atoms with Crippen LogP contribution in [0.4, 0.5) is 0 Å². The molecule has 1 aliphatic heterocycles. The summed E-state index contributed by atoms with van der Waals surface area (Å²) in [5, 5.41) is 7.01. The number of piperidine rings is 1. The summed E-state index contributed by atoms with van der Waals surface area (Å²) >= 11 is 3.55. The second kappa shape index (κ2) is 11.3. The number of guanidine groups is 1. The largest absolute Gasteiger partial charge is 0.369 e. The van der Waals surface area contributed by atoms with Crippen LogP contribution in [0.5, 0.6) is 0 Å². The van der Waals surface area contributed by atoms with Gasteiger partial charge < -0.3 is 16.4 Å². The summed E-state index contributed by atoms with van der Waals surface area (Å²) in [6.45, 7) is 5.25. The summed E-state index contributed by atoms with van der Waals surface area (Å²) < 4.78 is 1.13.